The summed E-state index contributed by atoms with van der Waals surface area (Å²) in [4.78, 5) is 0. The molecule has 0 radical (unpaired) electrons. The normalized spacial score (nSPS) is 12.8. The molecule has 1 N–H and O–H groups in total. The quantitative estimate of drug-likeness (QED) is 0.568. The lowest BCUT2D eigenvalue weighted by Gasteiger charge is -2.18. The van der Waals surface area contributed by atoms with Crippen LogP contribution >= 0.6 is 15.9 Å². The van der Waals surface area contributed by atoms with E-state index in [1.165, 1.54) is 50.6 Å². The number of aryl methyl sites for hydroxylation is 1. The van der Waals surface area contributed by atoms with Crippen LogP contribution in [0.15, 0.2) is 10.7 Å². The molecule has 0 aliphatic heterocycles. The lowest BCUT2D eigenvalue weighted by Crippen LogP contribution is -2.21. The van der Waals surface area contributed by atoms with Crippen LogP contribution in [0, 0.1) is 0 Å². The minimum atomic E-state index is 0.407. The molecule has 0 saturated heterocycles. The Morgan fingerprint density at radius 2 is 1.85 bits per heavy atom. The van der Waals surface area contributed by atoms with E-state index in [2.05, 4.69) is 51.9 Å². The minimum Gasteiger partial charge on any atom is -0.312 e. The van der Waals surface area contributed by atoms with Crippen molar-refractivity contribution >= 4 is 15.9 Å². The molecular weight excluding hydrogens is 314 g/mol. The number of unbranched alkanes of at least 4 members (excludes halogenated alkanes) is 5. The molecule has 0 aromatic carbocycles. The maximum Gasteiger partial charge on any atom is 0.0695 e. The molecule has 116 valence electrons. The van der Waals surface area contributed by atoms with Crippen LogP contribution in [0.4, 0.5) is 0 Å². The SMILES string of the molecule is CCCCCCCCC(NC)c1c(Br)cnn1CCC. The van der Waals surface area contributed by atoms with Crippen molar-refractivity contribution in [2.24, 2.45) is 0 Å². The summed E-state index contributed by atoms with van der Waals surface area (Å²) in [6.07, 6.45) is 12.3. The van der Waals surface area contributed by atoms with Gasteiger partial charge in [-0.1, -0.05) is 52.4 Å². The second kappa shape index (κ2) is 10.4. The molecule has 0 bridgehead atoms. The van der Waals surface area contributed by atoms with E-state index < -0.39 is 0 Å². The summed E-state index contributed by atoms with van der Waals surface area (Å²) in [5.41, 5.74) is 1.31. The van der Waals surface area contributed by atoms with Crippen LogP contribution in [0.5, 0.6) is 0 Å². The van der Waals surface area contributed by atoms with Crippen LogP contribution in [-0.2, 0) is 6.54 Å². The molecule has 20 heavy (non-hydrogen) atoms. The number of nitrogens with zero attached hydrogens (tertiary/aromatic N) is 2. The van der Waals surface area contributed by atoms with Gasteiger partial charge in [0.1, 0.15) is 0 Å². The van der Waals surface area contributed by atoms with Crippen molar-refractivity contribution in [1.29, 1.82) is 0 Å². The molecule has 1 aromatic heterocycles. The van der Waals surface area contributed by atoms with Crippen molar-refractivity contribution in [3.8, 4) is 0 Å². The van der Waals surface area contributed by atoms with Gasteiger partial charge in [-0.05, 0) is 35.8 Å². The summed E-state index contributed by atoms with van der Waals surface area (Å²) in [5, 5.41) is 7.93. The van der Waals surface area contributed by atoms with Gasteiger partial charge in [0.15, 0.2) is 0 Å². The molecule has 1 heterocycles. The average Bonchev–Trinajstić information content (AvgIpc) is 2.80. The van der Waals surface area contributed by atoms with Crippen LogP contribution in [0.2, 0.25) is 0 Å². The first kappa shape index (κ1) is 17.7. The van der Waals surface area contributed by atoms with E-state index in [9.17, 15) is 0 Å². The van der Waals surface area contributed by atoms with Crippen LogP contribution in [-0.4, -0.2) is 16.8 Å². The van der Waals surface area contributed by atoms with Crippen LogP contribution in [0.3, 0.4) is 0 Å². The number of rotatable bonds is 11. The standard InChI is InChI=1S/C16H30BrN3/c1-4-6-7-8-9-10-11-15(18-3)16-14(17)13-19-20(16)12-5-2/h13,15,18H,4-12H2,1-3H3. The highest BCUT2D eigenvalue weighted by atomic mass is 79.9. The zero-order valence-electron chi connectivity index (χ0n) is 13.3. The van der Waals surface area contributed by atoms with E-state index in [1.807, 2.05) is 6.20 Å². The van der Waals surface area contributed by atoms with Crippen molar-refractivity contribution in [3.63, 3.8) is 0 Å². The molecule has 1 rings (SSSR count). The Morgan fingerprint density at radius 1 is 1.15 bits per heavy atom. The molecule has 1 atom stereocenters. The number of hydrogen-bond acceptors (Lipinski definition) is 2. The van der Waals surface area contributed by atoms with Crippen molar-refractivity contribution in [3.05, 3.63) is 16.4 Å². The molecule has 0 aliphatic rings. The first-order valence-corrected chi connectivity index (χ1v) is 8.92. The summed E-state index contributed by atoms with van der Waals surface area (Å²) < 4.78 is 3.28. The van der Waals surface area contributed by atoms with E-state index in [4.69, 9.17) is 0 Å². The third kappa shape index (κ3) is 5.57. The van der Waals surface area contributed by atoms with Gasteiger partial charge < -0.3 is 5.32 Å². The van der Waals surface area contributed by atoms with Gasteiger partial charge in [-0.25, -0.2) is 0 Å². The summed E-state index contributed by atoms with van der Waals surface area (Å²) in [6.45, 7) is 5.46. The Morgan fingerprint density at radius 3 is 2.50 bits per heavy atom. The smallest absolute Gasteiger partial charge is 0.0695 e. The molecule has 3 nitrogen and oxygen atoms in total. The monoisotopic (exact) mass is 343 g/mol. The van der Waals surface area contributed by atoms with Crippen LogP contribution in [0.1, 0.15) is 76.9 Å². The van der Waals surface area contributed by atoms with Gasteiger partial charge >= 0.3 is 0 Å². The molecule has 1 aromatic rings. The number of halogens is 1. The maximum absolute atomic E-state index is 4.47. The van der Waals surface area contributed by atoms with E-state index in [0.29, 0.717) is 6.04 Å². The number of aromatic nitrogens is 2. The van der Waals surface area contributed by atoms with Crippen molar-refractivity contribution in [1.82, 2.24) is 15.1 Å². The fourth-order valence-electron chi connectivity index (χ4n) is 2.65. The zero-order chi connectivity index (χ0) is 14.8. The number of nitrogens with one attached hydrogen (secondary N) is 1. The minimum absolute atomic E-state index is 0.407. The van der Waals surface area contributed by atoms with Crippen LogP contribution in [0.25, 0.3) is 0 Å². The van der Waals surface area contributed by atoms with Crippen molar-refractivity contribution < 1.29 is 0 Å². The Labute approximate surface area is 132 Å². The molecule has 0 fully saturated rings. The van der Waals surface area contributed by atoms with Crippen LogP contribution < -0.4 is 5.32 Å². The van der Waals surface area contributed by atoms with Gasteiger partial charge in [0.25, 0.3) is 0 Å². The lowest BCUT2D eigenvalue weighted by molar-refractivity contribution is 0.452. The van der Waals surface area contributed by atoms with Crippen molar-refractivity contribution in [2.75, 3.05) is 7.05 Å². The molecule has 0 spiro atoms. The molecule has 1 unspecified atom stereocenters. The second-order valence-corrected chi connectivity index (χ2v) is 6.35. The van der Waals surface area contributed by atoms with Gasteiger partial charge in [-0.3, -0.25) is 4.68 Å². The second-order valence-electron chi connectivity index (χ2n) is 5.50. The Kier molecular flexibility index (Phi) is 9.19. The van der Waals surface area contributed by atoms with Gasteiger partial charge in [0, 0.05) is 6.54 Å². The summed E-state index contributed by atoms with van der Waals surface area (Å²) >= 11 is 3.65. The zero-order valence-corrected chi connectivity index (χ0v) is 14.9. The topological polar surface area (TPSA) is 29.9 Å². The van der Waals surface area contributed by atoms with Gasteiger partial charge in [0.2, 0.25) is 0 Å². The first-order valence-electron chi connectivity index (χ1n) is 8.13. The molecule has 0 aliphatic carbocycles. The molecule has 0 saturated carbocycles. The van der Waals surface area contributed by atoms with Gasteiger partial charge in [0.05, 0.1) is 22.4 Å². The third-order valence-electron chi connectivity index (χ3n) is 3.79. The van der Waals surface area contributed by atoms with E-state index in [1.54, 1.807) is 0 Å². The summed E-state index contributed by atoms with van der Waals surface area (Å²) in [5.74, 6) is 0. The fourth-order valence-corrected chi connectivity index (χ4v) is 3.23. The Balaban J connectivity index is 2.47. The Bertz CT molecular complexity index is 363. The predicted octanol–water partition coefficient (Wildman–Crippen LogP) is 5.07. The van der Waals surface area contributed by atoms with E-state index >= 15 is 0 Å². The van der Waals surface area contributed by atoms with Gasteiger partial charge in [-0.15, -0.1) is 0 Å². The predicted molar refractivity (Wildman–Crippen MR) is 90.0 cm³/mol. The molecular formula is C16H30BrN3. The first-order chi connectivity index (χ1) is 9.74. The third-order valence-corrected chi connectivity index (χ3v) is 4.40. The largest absolute Gasteiger partial charge is 0.312 e. The van der Waals surface area contributed by atoms with E-state index in [0.717, 1.165) is 17.4 Å². The van der Waals surface area contributed by atoms with Gasteiger partial charge in [-0.2, -0.15) is 5.10 Å². The maximum atomic E-state index is 4.47. The Hall–Kier alpha value is -0.350. The van der Waals surface area contributed by atoms with Crippen molar-refractivity contribution in [2.45, 2.75) is 77.8 Å². The molecule has 0 amide bonds. The fraction of sp³-hybridized carbons (Fsp3) is 0.812. The summed E-state index contributed by atoms with van der Waals surface area (Å²) in [6, 6.07) is 0.407. The number of hydrogen-bond donors (Lipinski definition) is 1. The average molecular weight is 344 g/mol. The highest BCUT2D eigenvalue weighted by Gasteiger charge is 2.17. The lowest BCUT2D eigenvalue weighted by atomic mass is 10.0. The van der Waals surface area contributed by atoms with E-state index in [-0.39, 0.29) is 0 Å². The molecule has 4 heteroatoms. The highest BCUT2D eigenvalue weighted by Crippen LogP contribution is 2.27. The summed E-state index contributed by atoms with van der Waals surface area (Å²) in [7, 11) is 2.05. The highest BCUT2D eigenvalue weighted by molar-refractivity contribution is 9.10.